The molecule has 1 atom stereocenters. The van der Waals surface area contributed by atoms with E-state index in [2.05, 4.69) is 12.2 Å². The van der Waals surface area contributed by atoms with Gasteiger partial charge in [-0.1, -0.05) is 45.4 Å². The molecule has 0 aromatic carbocycles. The van der Waals surface area contributed by atoms with Crippen LogP contribution >= 0.6 is 0 Å². The summed E-state index contributed by atoms with van der Waals surface area (Å²) in [6.07, 6.45) is 7.00. The van der Waals surface area contributed by atoms with Gasteiger partial charge in [0.05, 0.1) is 13.2 Å². The summed E-state index contributed by atoms with van der Waals surface area (Å²) < 4.78 is 9.84. The van der Waals surface area contributed by atoms with Crippen molar-refractivity contribution >= 4 is 11.9 Å². The highest BCUT2D eigenvalue weighted by atomic mass is 16.5. The van der Waals surface area contributed by atoms with E-state index in [9.17, 15) is 9.59 Å². The lowest BCUT2D eigenvalue weighted by Crippen LogP contribution is -2.42. The number of carboxylic acid groups (broad SMARTS) is 1. The molecule has 0 radical (unpaired) electrons. The van der Waals surface area contributed by atoms with Crippen molar-refractivity contribution in [2.24, 2.45) is 0 Å². The molecule has 0 aliphatic heterocycles. The van der Waals surface area contributed by atoms with E-state index in [1.54, 1.807) is 7.11 Å². The van der Waals surface area contributed by atoms with Gasteiger partial charge in [-0.15, -0.1) is 0 Å². The molecule has 0 rings (SSSR count). The highest BCUT2D eigenvalue weighted by molar-refractivity contribution is 5.84. The van der Waals surface area contributed by atoms with Crippen LogP contribution in [0.15, 0.2) is 0 Å². The van der Waals surface area contributed by atoms with E-state index in [1.807, 2.05) is 0 Å². The Bertz CT molecular complexity index is 283. The third-order valence-corrected chi connectivity index (χ3v) is 3.14. The molecular formula is C15H29NO5. The average Bonchev–Trinajstić information content (AvgIpc) is 2.45. The standard InChI is InChI=1S/C15H29NO5/c1-3-4-5-6-7-8-9-13(15(18)19)16-14(17)12-21-11-10-20-2/h13H,3-12H2,1-2H3,(H,16,17)(H,18,19)/t13-/m0/s1. The lowest BCUT2D eigenvalue weighted by atomic mass is 10.1. The fraction of sp³-hybridized carbons (Fsp3) is 0.867. The maximum atomic E-state index is 11.6. The molecule has 0 unspecified atom stereocenters. The molecule has 124 valence electrons. The second-order valence-corrected chi connectivity index (χ2v) is 5.06. The number of methoxy groups -OCH3 is 1. The smallest absolute Gasteiger partial charge is 0.326 e. The second kappa shape index (κ2) is 13.8. The van der Waals surface area contributed by atoms with Crippen LogP contribution in [-0.4, -0.2) is 50.0 Å². The summed E-state index contributed by atoms with van der Waals surface area (Å²) in [5.41, 5.74) is 0. The van der Waals surface area contributed by atoms with Gasteiger partial charge in [0.1, 0.15) is 12.6 Å². The van der Waals surface area contributed by atoms with Crippen LogP contribution < -0.4 is 5.32 Å². The van der Waals surface area contributed by atoms with Gasteiger partial charge in [0.15, 0.2) is 0 Å². The van der Waals surface area contributed by atoms with Crippen LogP contribution in [0.2, 0.25) is 0 Å². The van der Waals surface area contributed by atoms with Gasteiger partial charge in [0.2, 0.25) is 5.91 Å². The normalized spacial score (nSPS) is 12.1. The highest BCUT2D eigenvalue weighted by Crippen LogP contribution is 2.09. The number of unbranched alkanes of at least 4 members (excludes halogenated alkanes) is 5. The van der Waals surface area contributed by atoms with E-state index >= 15 is 0 Å². The number of ether oxygens (including phenoxy) is 2. The Kier molecular flexibility index (Phi) is 13.1. The van der Waals surface area contributed by atoms with Crippen molar-refractivity contribution in [2.45, 2.75) is 57.9 Å². The quantitative estimate of drug-likeness (QED) is 0.479. The van der Waals surface area contributed by atoms with E-state index in [0.29, 0.717) is 19.6 Å². The van der Waals surface area contributed by atoms with Crippen molar-refractivity contribution in [1.82, 2.24) is 5.32 Å². The maximum absolute atomic E-state index is 11.6. The van der Waals surface area contributed by atoms with Gasteiger partial charge in [-0.3, -0.25) is 4.79 Å². The fourth-order valence-electron chi connectivity index (χ4n) is 1.93. The van der Waals surface area contributed by atoms with Crippen molar-refractivity contribution in [1.29, 1.82) is 0 Å². The first-order valence-corrected chi connectivity index (χ1v) is 7.70. The summed E-state index contributed by atoms with van der Waals surface area (Å²) in [7, 11) is 1.55. The minimum atomic E-state index is -0.992. The molecule has 0 aromatic rings. The number of carbonyl (C=O) groups excluding carboxylic acids is 1. The monoisotopic (exact) mass is 303 g/mol. The molecule has 0 spiro atoms. The minimum Gasteiger partial charge on any atom is -0.480 e. The lowest BCUT2D eigenvalue weighted by molar-refractivity contribution is -0.142. The number of carboxylic acids is 1. The zero-order valence-corrected chi connectivity index (χ0v) is 13.2. The minimum absolute atomic E-state index is 0.135. The van der Waals surface area contributed by atoms with Crippen molar-refractivity contribution in [3.63, 3.8) is 0 Å². The van der Waals surface area contributed by atoms with Gasteiger partial charge in [0.25, 0.3) is 0 Å². The van der Waals surface area contributed by atoms with Crippen molar-refractivity contribution in [3.05, 3.63) is 0 Å². The van der Waals surface area contributed by atoms with Gasteiger partial charge in [0, 0.05) is 7.11 Å². The number of hydrogen-bond donors (Lipinski definition) is 2. The Hall–Kier alpha value is -1.14. The van der Waals surface area contributed by atoms with E-state index in [4.69, 9.17) is 14.6 Å². The number of rotatable bonds is 14. The molecule has 6 nitrogen and oxygen atoms in total. The van der Waals surface area contributed by atoms with Crippen LogP contribution in [0.3, 0.4) is 0 Å². The molecular weight excluding hydrogens is 274 g/mol. The zero-order valence-electron chi connectivity index (χ0n) is 13.2. The van der Waals surface area contributed by atoms with Crippen LogP contribution in [0.5, 0.6) is 0 Å². The maximum Gasteiger partial charge on any atom is 0.326 e. The Balaban J connectivity index is 3.80. The highest BCUT2D eigenvalue weighted by Gasteiger charge is 2.19. The van der Waals surface area contributed by atoms with Crippen LogP contribution in [0.25, 0.3) is 0 Å². The van der Waals surface area contributed by atoms with Crippen molar-refractivity contribution in [3.8, 4) is 0 Å². The third kappa shape index (κ3) is 12.3. The van der Waals surface area contributed by atoms with E-state index in [0.717, 1.165) is 19.3 Å². The van der Waals surface area contributed by atoms with Gasteiger partial charge >= 0.3 is 5.97 Å². The van der Waals surface area contributed by atoms with E-state index in [-0.39, 0.29) is 6.61 Å². The summed E-state index contributed by atoms with van der Waals surface area (Å²) in [6, 6.07) is -0.824. The third-order valence-electron chi connectivity index (χ3n) is 3.14. The predicted molar refractivity (Wildman–Crippen MR) is 80.3 cm³/mol. The second-order valence-electron chi connectivity index (χ2n) is 5.06. The summed E-state index contributed by atoms with van der Waals surface area (Å²) in [4.78, 5) is 22.7. The van der Waals surface area contributed by atoms with Crippen LogP contribution in [-0.2, 0) is 19.1 Å². The number of nitrogens with one attached hydrogen (secondary N) is 1. The van der Waals surface area contributed by atoms with Gasteiger partial charge in [-0.25, -0.2) is 4.79 Å². The Labute approximate surface area is 127 Å². The molecule has 6 heteroatoms. The Morgan fingerprint density at radius 3 is 2.38 bits per heavy atom. The Morgan fingerprint density at radius 1 is 1.10 bits per heavy atom. The summed E-state index contributed by atoms with van der Waals surface area (Å²) >= 11 is 0. The largest absolute Gasteiger partial charge is 0.480 e. The molecule has 2 N–H and O–H groups in total. The van der Waals surface area contributed by atoms with Crippen molar-refractivity contribution < 1.29 is 24.2 Å². The SMILES string of the molecule is CCCCCCCC[C@H](NC(=O)COCCOC)C(=O)O. The zero-order chi connectivity index (χ0) is 15.9. The molecule has 0 bridgehead atoms. The van der Waals surface area contributed by atoms with E-state index in [1.165, 1.54) is 19.3 Å². The number of amides is 1. The first-order valence-electron chi connectivity index (χ1n) is 7.70. The topological polar surface area (TPSA) is 84.9 Å². The van der Waals surface area contributed by atoms with Crippen molar-refractivity contribution in [2.75, 3.05) is 26.9 Å². The van der Waals surface area contributed by atoms with Gasteiger partial charge in [-0.2, -0.15) is 0 Å². The van der Waals surface area contributed by atoms with Crippen LogP contribution in [0.1, 0.15) is 51.9 Å². The average molecular weight is 303 g/mol. The molecule has 0 aliphatic rings. The first kappa shape index (κ1) is 19.9. The fourth-order valence-corrected chi connectivity index (χ4v) is 1.93. The van der Waals surface area contributed by atoms with Gasteiger partial charge in [-0.05, 0) is 6.42 Å². The molecule has 0 heterocycles. The van der Waals surface area contributed by atoms with Gasteiger partial charge < -0.3 is 19.9 Å². The summed E-state index contributed by atoms with van der Waals surface area (Å²) in [6.45, 7) is 2.75. The number of hydrogen-bond acceptors (Lipinski definition) is 4. The summed E-state index contributed by atoms with van der Waals surface area (Å²) in [5.74, 6) is -1.39. The van der Waals surface area contributed by atoms with E-state index < -0.39 is 17.9 Å². The predicted octanol–water partition coefficient (Wildman–Crippen LogP) is 1.97. The number of carbonyl (C=O) groups is 2. The summed E-state index contributed by atoms with van der Waals surface area (Å²) in [5, 5.41) is 11.6. The first-order chi connectivity index (χ1) is 10.1. The molecule has 1 amide bonds. The molecule has 0 saturated carbocycles. The van der Waals surface area contributed by atoms with Crippen LogP contribution in [0, 0.1) is 0 Å². The lowest BCUT2D eigenvalue weighted by Gasteiger charge is -2.14. The molecule has 0 aliphatic carbocycles. The molecule has 21 heavy (non-hydrogen) atoms. The molecule has 0 fully saturated rings. The number of aliphatic carboxylic acids is 1. The molecule has 0 aromatic heterocycles. The Morgan fingerprint density at radius 2 is 1.76 bits per heavy atom. The molecule has 0 saturated heterocycles. The van der Waals surface area contributed by atoms with Crippen LogP contribution in [0.4, 0.5) is 0 Å².